The van der Waals surface area contributed by atoms with Crippen LogP contribution in [0, 0.1) is 0 Å². The van der Waals surface area contributed by atoms with E-state index in [4.69, 9.17) is 16.4 Å². The first-order valence-electron chi connectivity index (χ1n) is 27.0. The Balaban J connectivity index is 1.09. The van der Waals surface area contributed by atoms with Crippen LogP contribution in [0.25, 0.3) is 120 Å². The second-order valence-corrected chi connectivity index (χ2v) is 13.8. The molecule has 56 heavy (non-hydrogen) atoms. The molecule has 0 amide bonds. The third-order valence-corrected chi connectivity index (χ3v) is 10.6. The summed E-state index contributed by atoms with van der Waals surface area (Å²) in [5.41, 5.74) is 5.31. The van der Waals surface area contributed by atoms with Gasteiger partial charge in [0, 0.05) is 0 Å². The smallest absolute Gasteiger partial charge is 0.0622 e. The minimum atomic E-state index is -0.550. The zero-order chi connectivity index (χ0) is 52.4. The Bertz CT molecular complexity index is 4200. The molecule has 0 saturated carbocycles. The summed E-state index contributed by atoms with van der Waals surface area (Å²) in [6, 6.07) is 21.7. The average molecular weight is 725 g/mol. The van der Waals surface area contributed by atoms with Crippen molar-refractivity contribution >= 4 is 64.6 Å². The predicted octanol–water partition coefficient (Wildman–Crippen LogP) is 15.8. The molecule has 12 aromatic rings. The first kappa shape index (κ1) is 18.4. The van der Waals surface area contributed by atoms with Crippen molar-refractivity contribution in [1.29, 1.82) is 0 Å². The van der Waals surface area contributed by atoms with Crippen molar-refractivity contribution in [3.05, 3.63) is 206 Å². The van der Waals surface area contributed by atoms with Gasteiger partial charge in [0.2, 0.25) is 0 Å². The summed E-state index contributed by atoms with van der Waals surface area (Å²) in [6.07, 6.45) is 0. The van der Waals surface area contributed by atoms with Crippen LogP contribution in [0.15, 0.2) is 206 Å². The molecule has 0 aromatic heterocycles. The molecule has 0 aliphatic rings. The molecule has 0 heteroatoms. The van der Waals surface area contributed by atoms with Crippen LogP contribution < -0.4 is 0 Å². The topological polar surface area (TPSA) is 0 Å². The van der Waals surface area contributed by atoms with E-state index < -0.39 is 96.7 Å². The summed E-state index contributed by atoms with van der Waals surface area (Å²) < 4.78 is 162. The summed E-state index contributed by atoms with van der Waals surface area (Å²) in [5.74, 6) is 0. The van der Waals surface area contributed by atoms with Crippen molar-refractivity contribution in [2.75, 3.05) is 0 Å². The highest BCUT2D eigenvalue weighted by molar-refractivity contribution is 6.26. The number of rotatable bonds is 5. The van der Waals surface area contributed by atoms with E-state index >= 15 is 0 Å². The Labute approximate surface area is 350 Å². The van der Waals surface area contributed by atoms with Crippen LogP contribution in [0.2, 0.25) is 0 Å². The van der Waals surface area contributed by atoms with E-state index in [-0.39, 0.29) is 87.8 Å². The standard InChI is InChI=1S/C56H34/c1-2-8-35(9-3-1)46-32-47(42-14-6-16-44(30-42)49-26-22-40-20-18-36-10-4-12-38-24-28-51(49)55(40)53(36)38)34-48(33-46)43-15-7-17-45(31-43)50-27-23-41-21-19-37-11-5-13-39-25-29-52(50)56(41)54(37)39/h1-34H/i4D,5D,10D,11D,12D,13D,18D,19D,20D,21D,22D,23D,24D,25D,26D,27D,28D,29D. The van der Waals surface area contributed by atoms with Gasteiger partial charge in [0.15, 0.2) is 0 Å². The normalized spacial score (nSPS) is 16.4. The molecule has 0 nitrogen and oxygen atoms in total. The monoisotopic (exact) mass is 724 g/mol. The molecule has 258 valence electrons. The lowest BCUT2D eigenvalue weighted by Gasteiger charge is -2.16. The van der Waals surface area contributed by atoms with Crippen LogP contribution in [0.4, 0.5) is 0 Å². The second-order valence-electron chi connectivity index (χ2n) is 13.8. The lowest BCUT2D eigenvalue weighted by atomic mass is 9.88. The molecule has 12 aromatic carbocycles. The van der Waals surface area contributed by atoms with Crippen LogP contribution in [0.5, 0.6) is 0 Å². The molecule has 0 heterocycles. The quantitative estimate of drug-likeness (QED) is 0.155. The van der Waals surface area contributed by atoms with Crippen LogP contribution in [0.3, 0.4) is 0 Å². The van der Waals surface area contributed by atoms with Gasteiger partial charge >= 0.3 is 0 Å². The van der Waals surface area contributed by atoms with Gasteiger partial charge in [0.25, 0.3) is 0 Å². The predicted molar refractivity (Wildman–Crippen MR) is 241 cm³/mol. The highest BCUT2D eigenvalue weighted by Gasteiger charge is 2.16. The summed E-state index contributed by atoms with van der Waals surface area (Å²) >= 11 is 0. The van der Waals surface area contributed by atoms with E-state index in [2.05, 4.69) is 0 Å². The molecule has 0 unspecified atom stereocenters. The Kier molecular flexibility index (Phi) is 3.97. The minimum Gasteiger partial charge on any atom is -0.0622 e. The van der Waals surface area contributed by atoms with Gasteiger partial charge in [-0.2, -0.15) is 0 Å². The lowest BCUT2D eigenvalue weighted by molar-refractivity contribution is 1.56. The molecule has 0 bridgehead atoms. The van der Waals surface area contributed by atoms with Crippen LogP contribution in [-0.4, -0.2) is 0 Å². The van der Waals surface area contributed by atoms with E-state index in [0.29, 0.717) is 33.4 Å². The number of hydrogen-bond acceptors (Lipinski definition) is 0. The molecule has 0 atom stereocenters. The largest absolute Gasteiger partial charge is 0.0630 e. The molecule has 0 aliphatic heterocycles. The molecule has 0 aliphatic carbocycles. The maximum absolute atomic E-state index is 9.41. The van der Waals surface area contributed by atoms with E-state index in [1.165, 1.54) is 0 Å². The van der Waals surface area contributed by atoms with Gasteiger partial charge in [-0.15, -0.1) is 0 Å². The zero-order valence-corrected chi connectivity index (χ0v) is 29.2. The summed E-state index contributed by atoms with van der Waals surface area (Å²) in [7, 11) is 0. The molecule has 0 radical (unpaired) electrons. The van der Waals surface area contributed by atoms with E-state index in [9.17, 15) is 8.22 Å². The number of benzene rings is 12. The Morgan fingerprint density at radius 3 is 1.05 bits per heavy atom. The van der Waals surface area contributed by atoms with Crippen LogP contribution >= 0.6 is 0 Å². The molecule has 0 spiro atoms. The van der Waals surface area contributed by atoms with Crippen molar-refractivity contribution < 1.29 is 24.7 Å². The lowest BCUT2D eigenvalue weighted by Crippen LogP contribution is -1.90. The highest BCUT2D eigenvalue weighted by Crippen LogP contribution is 2.43. The van der Waals surface area contributed by atoms with Crippen molar-refractivity contribution in [2.24, 2.45) is 0 Å². The van der Waals surface area contributed by atoms with Gasteiger partial charge in [-0.3, -0.25) is 0 Å². The molecular formula is C56H34. The van der Waals surface area contributed by atoms with Crippen LogP contribution in [-0.2, 0) is 0 Å². The fourth-order valence-electron chi connectivity index (χ4n) is 8.02. The maximum atomic E-state index is 9.41. The fraction of sp³-hybridized carbons (Fsp3) is 0. The Morgan fingerprint density at radius 2 is 0.589 bits per heavy atom. The molecule has 0 fully saturated rings. The SMILES string of the molecule is [2H]c1c([2H])c2c([2H])c([2H])c3c([2H])c([2H])c(-c4cccc(-c5cc(-c6ccccc6)cc(-c6cccc(-c7c([2H])c([2H])c8c([2H])c([2H])c9c([2H])c([2H])c([2H])c%10c([2H])c([2H])c7c8c9%10)c6)c5)c4)c4c([2H])c([2H])c(c1[2H])c2c34. The third-order valence-electron chi connectivity index (χ3n) is 10.6. The Morgan fingerprint density at radius 1 is 0.250 bits per heavy atom. The molecule has 0 N–H and O–H groups in total. The maximum Gasteiger partial charge on any atom is 0.0630 e. The van der Waals surface area contributed by atoms with Crippen molar-refractivity contribution in [3.8, 4) is 55.6 Å². The van der Waals surface area contributed by atoms with Crippen molar-refractivity contribution in [3.63, 3.8) is 0 Å². The van der Waals surface area contributed by atoms with Crippen LogP contribution in [0.1, 0.15) is 24.7 Å². The third kappa shape index (κ3) is 4.79. The number of hydrogen-bond donors (Lipinski definition) is 0. The van der Waals surface area contributed by atoms with Crippen molar-refractivity contribution in [2.45, 2.75) is 0 Å². The van der Waals surface area contributed by atoms with Gasteiger partial charge in [-0.05, 0) is 151 Å². The van der Waals surface area contributed by atoms with E-state index in [1.807, 2.05) is 60.7 Å². The Hall–Kier alpha value is -7.28. The summed E-state index contributed by atoms with van der Waals surface area (Å²) in [4.78, 5) is 0. The highest BCUT2D eigenvalue weighted by atomic mass is 14.2. The van der Waals surface area contributed by atoms with Gasteiger partial charge in [-0.25, -0.2) is 0 Å². The van der Waals surface area contributed by atoms with Crippen molar-refractivity contribution in [1.82, 2.24) is 0 Å². The second kappa shape index (κ2) is 12.1. The van der Waals surface area contributed by atoms with E-state index in [0.717, 1.165) is 11.1 Å². The first-order valence-corrected chi connectivity index (χ1v) is 18.0. The minimum absolute atomic E-state index is 0.0477. The summed E-state index contributed by atoms with van der Waals surface area (Å²) in [5, 5.41) is -0.363. The first-order chi connectivity index (χ1) is 35.3. The van der Waals surface area contributed by atoms with E-state index in [1.54, 1.807) is 36.4 Å². The zero-order valence-electron chi connectivity index (χ0n) is 47.2. The van der Waals surface area contributed by atoms with Gasteiger partial charge < -0.3 is 0 Å². The molecule has 12 rings (SSSR count). The molecule has 0 saturated heterocycles. The molecular weight excluding hydrogens is 673 g/mol. The van der Waals surface area contributed by atoms with Gasteiger partial charge in [0.1, 0.15) is 0 Å². The van der Waals surface area contributed by atoms with Gasteiger partial charge in [-0.1, -0.05) is 175 Å². The van der Waals surface area contributed by atoms with Gasteiger partial charge in [0.05, 0.1) is 24.7 Å². The average Bonchev–Trinajstić information content (AvgIpc) is 3.41. The fourth-order valence-corrected chi connectivity index (χ4v) is 8.02. The summed E-state index contributed by atoms with van der Waals surface area (Å²) in [6.45, 7) is 0.